The number of carbonyl (C=O) groups is 1. The van der Waals surface area contributed by atoms with Crippen molar-refractivity contribution in [1.29, 1.82) is 0 Å². The lowest BCUT2D eigenvalue weighted by Gasteiger charge is -2.16. The third-order valence-corrected chi connectivity index (χ3v) is 4.77. The van der Waals surface area contributed by atoms with Gasteiger partial charge >= 0.3 is 5.69 Å². The molecule has 4 aromatic rings. The molecule has 2 aromatic carbocycles. The van der Waals surface area contributed by atoms with E-state index < -0.39 is 17.2 Å². The Morgan fingerprint density at radius 3 is 2.24 bits per heavy atom. The van der Waals surface area contributed by atoms with Crippen LogP contribution in [0.15, 0.2) is 76.3 Å². The number of aromatic nitrogens is 3. The Balaban J connectivity index is 2.11. The van der Waals surface area contributed by atoms with E-state index in [0.29, 0.717) is 11.3 Å². The van der Waals surface area contributed by atoms with Crippen LogP contribution in [0.25, 0.3) is 22.3 Å². The summed E-state index contributed by atoms with van der Waals surface area (Å²) in [5, 5.41) is 11.7. The summed E-state index contributed by atoms with van der Waals surface area (Å²) in [5.41, 5.74) is 0.243. The average Bonchev–Trinajstić information content (AvgIpc) is 2.75. The third-order valence-electron chi connectivity index (χ3n) is 4.77. The number of carboxylic acids is 1. The lowest BCUT2D eigenvalue weighted by atomic mass is 10.1. The van der Waals surface area contributed by atoms with Crippen LogP contribution in [-0.2, 0) is 13.6 Å². The molecule has 0 saturated heterocycles. The molecule has 0 atom stereocenters. The van der Waals surface area contributed by atoms with Crippen molar-refractivity contribution in [3.05, 3.63) is 98.7 Å². The van der Waals surface area contributed by atoms with Crippen molar-refractivity contribution >= 4 is 17.0 Å². The molecule has 4 rings (SSSR count). The van der Waals surface area contributed by atoms with E-state index in [1.54, 1.807) is 24.3 Å². The van der Waals surface area contributed by atoms with Gasteiger partial charge in [0.1, 0.15) is 0 Å². The normalized spacial score (nSPS) is 10.9. The zero-order valence-corrected chi connectivity index (χ0v) is 15.5. The minimum Gasteiger partial charge on any atom is -0.545 e. The number of benzene rings is 2. The van der Waals surface area contributed by atoms with E-state index in [9.17, 15) is 19.5 Å². The van der Waals surface area contributed by atoms with Crippen LogP contribution in [0, 0.1) is 0 Å². The Morgan fingerprint density at radius 2 is 1.62 bits per heavy atom. The molecule has 7 nitrogen and oxygen atoms in total. The number of nitrogens with zero attached hydrogens (tertiary/aromatic N) is 3. The second-order valence-electron chi connectivity index (χ2n) is 6.63. The standard InChI is InChI=1S/C22H17N3O4/c1-24-20(26)18-16(21(27)28)12-17(15-10-6-3-7-11-15)23-19(18)25(22(24)29)13-14-8-4-2-5-9-14/h2-12H,13H2,1H3,(H,27,28)/p-1. The number of aromatic carboxylic acids is 1. The van der Waals surface area contributed by atoms with Gasteiger partial charge in [-0.2, -0.15) is 0 Å². The minimum atomic E-state index is -1.50. The lowest BCUT2D eigenvalue weighted by Crippen LogP contribution is -2.40. The van der Waals surface area contributed by atoms with Crippen molar-refractivity contribution in [2.24, 2.45) is 7.05 Å². The molecule has 0 saturated carbocycles. The third kappa shape index (κ3) is 3.23. The topological polar surface area (TPSA) is 97.0 Å². The minimum absolute atomic E-state index is 0.0162. The lowest BCUT2D eigenvalue weighted by molar-refractivity contribution is -0.254. The van der Waals surface area contributed by atoms with Gasteiger partial charge in [0.2, 0.25) is 0 Å². The summed E-state index contributed by atoms with van der Waals surface area (Å²) in [6.45, 7) is 0.141. The molecule has 0 bridgehead atoms. The summed E-state index contributed by atoms with van der Waals surface area (Å²) in [5.74, 6) is -1.50. The highest BCUT2D eigenvalue weighted by molar-refractivity contribution is 6.01. The molecule has 0 aliphatic rings. The molecule has 0 aliphatic heterocycles. The number of hydrogen-bond donors (Lipinski definition) is 0. The van der Waals surface area contributed by atoms with E-state index in [2.05, 4.69) is 4.98 Å². The van der Waals surface area contributed by atoms with Crippen LogP contribution in [0.5, 0.6) is 0 Å². The second kappa shape index (κ2) is 7.20. The second-order valence-corrected chi connectivity index (χ2v) is 6.63. The molecule has 0 aliphatic carbocycles. The number of hydrogen-bond acceptors (Lipinski definition) is 5. The first kappa shape index (κ1) is 18.4. The Morgan fingerprint density at radius 1 is 1.00 bits per heavy atom. The number of fused-ring (bicyclic) bond motifs is 1. The maximum Gasteiger partial charge on any atom is 0.332 e. The van der Waals surface area contributed by atoms with Crippen molar-refractivity contribution in [2.75, 3.05) is 0 Å². The quantitative estimate of drug-likeness (QED) is 0.525. The van der Waals surface area contributed by atoms with Crippen LogP contribution in [0.2, 0.25) is 0 Å². The highest BCUT2D eigenvalue weighted by Gasteiger charge is 2.18. The van der Waals surface area contributed by atoms with Crippen molar-refractivity contribution in [3.8, 4) is 11.3 Å². The predicted molar refractivity (Wildman–Crippen MR) is 107 cm³/mol. The van der Waals surface area contributed by atoms with Gasteiger partial charge in [0, 0.05) is 18.2 Å². The van der Waals surface area contributed by atoms with E-state index >= 15 is 0 Å². The highest BCUT2D eigenvalue weighted by Crippen LogP contribution is 2.22. The highest BCUT2D eigenvalue weighted by atomic mass is 16.4. The molecule has 0 N–H and O–H groups in total. The van der Waals surface area contributed by atoms with Gasteiger partial charge in [-0.05, 0) is 11.6 Å². The molecule has 2 aromatic heterocycles. The van der Waals surface area contributed by atoms with Crippen LogP contribution < -0.4 is 16.4 Å². The van der Waals surface area contributed by atoms with Crippen LogP contribution in [-0.4, -0.2) is 20.1 Å². The van der Waals surface area contributed by atoms with E-state index in [-0.39, 0.29) is 23.1 Å². The zero-order chi connectivity index (χ0) is 20.5. The van der Waals surface area contributed by atoms with Crippen LogP contribution in [0.1, 0.15) is 15.9 Å². The first-order chi connectivity index (χ1) is 14.0. The average molecular weight is 386 g/mol. The van der Waals surface area contributed by atoms with Gasteiger partial charge in [0.25, 0.3) is 5.56 Å². The summed E-state index contributed by atoms with van der Waals surface area (Å²) in [6.07, 6.45) is 0. The van der Waals surface area contributed by atoms with Gasteiger partial charge in [-0.15, -0.1) is 0 Å². The summed E-state index contributed by atoms with van der Waals surface area (Å²) < 4.78 is 2.20. The Hall–Kier alpha value is -4.00. The first-order valence-electron chi connectivity index (χ1n) is 8.92. The van der Waals surface area contributed by atoms with Gasteiger partial charge in [-0.3, -0.25) is 13.9 Å². The smallest absolute Gasteiger partial charge is 0.332 e. The van der Waals surface area contributed by atoms with Gasteiger partial charge in [-0.1, -0.05) is 60.7 Å². The van der Waals surface area contributed by atoms with E-state index in [0.717, 1.165) is 10.1 Å². The van der Waals surface area contributed by atoms with E-state index in [1.165, 1.54) is 17.7 Å². The van der Waals surface area contributed by atoms with Crippen LogP contribution in [0.4, 0.5) is 0 Å². The maximum absolute atomic E-state index is 12.9. The van der Waals surface area contributed by atoms with Crippen molar-refractivity contribution < 1.29 is 9.90 Å². The monoisotopic (exact) mass is 386 g/mol. The van der Waals surface area contributed by atoms with Crippen molar-refractivity contribution in [3.63, 3.8) is 0 Å². The number of rotatable bonds is 4. The van der Waals surface area contributed by atoms with E-state index in [1.807, 2.05) is 36.4 Å². The number of carboxylic acid groups (broad SMARTS) is 1. The number of pyridine rings is 1. The van der Waals surface area contributed by atoms with Crippen LogP contribution >= 0.6 is 0 Å². The van der Waals surface area contributed by atoms with E-state index in [4.69, 9.17) is 0 Å². The largest absolute Gasteiger partial charge is 0.545 e. The van der Waals surface area contributed by atoms with Crippen LogP contribution in [0.3, 0.4) is 0 Å². The van der Waals surface area contributed by atoms with Gasteiger partial charge in [0.05, 0.1) is 23.6 Å². The summed E-state index contributed by atoms with van der Waals surface area (Å²) in [4.78, 5) is 42.0. The van der Waals surface area contributed by atoms with Gasteiger partial charge in [-0.25, -0.2) is 9.78 Å². The van der Waals surface area contributed by atoms with Crippen molar-refractivity contribution in [2.45, 2.75) is 6.54 Å². The Labute approximate surface area is 165 Å². The fraction of sp³-hybridized carbons (Fsp3) is 0.0909. The molecule has 0 fully saturated rings. The molecule has 29 heavy (non-hydrogen) atoms. The molecule has 2 heterocycles. The molecule has 144 valence electrons. The number of carbonyl (C=O) groups excluding carboxylic acids is 1. The van der Waals surface area contributed by atoms with Gasteiger partial charge in [0.15, 0.2) is 5.65 Å². The fourth-order valence-corrected chi connectivity index (χ4v) is 3.29. The molecule has 0 radical (unpaired) electrons. The molecule has 0 spiro atoms. The Bertz CT molecular complexity index is 1340. The molecule has 0 amide bonds. The summed E-state index contributed by atoms with van der Waals surface area (Å²) in [7, 11) is 1.32. The molecular formula is C22H16N3O4-. The predicted octanol–water partition coefficient (Wildman–Crippen LogP) is 1.17. The molecular weight excluding hydrogens is 370 g/mol. The first-order valence-corrected chi connectivity index (χ1v) is 8.92. The Kier molecular flexibility index (Phi) is 4.56. The summed E-state index contributed by atoms with van der Waals surface area (Å²) in [6, 6.07) is 19.5. The maximum atomic E-state index is 12.9. The fourth-order valence-electron chi connectivity index (χ4n) is 3.29. The molecule has 7 heteroatoms. The zero-order valence-electron chi connectivity index (χ0n) is 15.5. The van der Waals surface area contributed by atoms with Gasteiger partial charge < -0.3 is 9.90 Å². The SMILES string of the molecule is Cn1c(=O)c2c(C(=O)[O-])cc(-c3ccccc3)nc2n(Cc2ccccc2)c1=O. The van der Waals surface area contributed by atoms with Crippen molar-refractivity contribution in [1.82, 2.24) is 14.1 Å². The molecule has 0 unspecified atom stereocenters. The summed E-state index contributed by atoms with van der Waals surface area (Å²) >= 11 is 0.